The molecule has 4 rings (SSSR count). The SMILES string of the molecule is COc1cccc(CC(=O)N2CCC(Cc3ncc(C)n3CC3CC3)C2)c1. The van der Waals surface area contributed by atoms with Gasteiger partial charge >= 0.3 is 0 Å². The zero-order valence-corrected chi connectivity index (χ0v) is 16.4. The van der Waals surface area contributed by atoms with Gasteiger partial charge in [-0.05, 0) is 55.7 Å². The highest BCUT2D eigenvalue weighted by atomic mass is 16.5. The van der Waals surface area contributed by atoms with Crippen molar-refractivity contribution in [3.8, 4) is 5.75 Å². The van der Waals surface area contributed by atoms with Crippen LogP contribution >= 0.6 is 0 Å². The molecule has 1 aromatic carbocycles. The molecule has 5 heteroatoms. The number of nitrogens with zero attached hydrogens (tertiary/aromatic N) is 3. The van der Waals surface area contributed by atoms with Crippen LogP contribution in [-0.4, -0.2) is 40.6 Å². The second kappa shape index (κ2) is 7.75. The number of hydrogen-bond donors (Lipinski definition) is 0. The minimum absolute atomic E-state index is 0.211. The summed E-state index contributed by atoms with van der Waals surface area (Å²) >= 11 is 0. The molecule has 1 amide bonds. The van der Waals surface area contributed by atoms with Crippen LogP contribution in [-0.2, 0) is 24.2 Å². The van der Waals surface area contributed by atoms with Gasteiger partial charge in [-0.25, -0.2) is 4.98 Å². The highest BCUT2D eigenvalue weighted by molar-refractivity contribution is 5.79. The van der Waals surface area contributed by atoms with Gasteiger partial charge in [0, 0.05) is 37.9 Å². The number of ether oxygens (including phenoxy) is 1. The van der Waals surface area contributed by atoms with Crippen molar-refractivity contribution in [2.75, 3.05) is 20.2 Å². The number of likely N-dealkylation sites (tertiary alicyclic amines) is 1. The van der Waals surface area contributed by atoms with E-state index >= 15 is 0 Å². The molecule has 5 nitrogen and oxygen atoms in total. The van der Waals surface area contributed by atoms with E-state index in [4.69, 9.17) is 4.74 Å². The third-order valence-electron chi connectivity index (χ3n) is 5.87. The average Bonchev–Trinajstić information content (AvgIpc) is 3.27. The van der Waals surface area contributed by atoms with Crippen molar-refractivity contribution >= 4 is 5.91 Å². The summed E-state index contributed by atoms with van der Waals surface area (Å²) in [5.41, 5.74) is 2.28. The van der Waals surface area contributed by atoms with Gasteiger partial charge in [0.05, 0.1) is 13.5 Å². The summed E-state index contributed by atoms with van der Waals surface area (Å²) in [5.74, 6) is 3.58. The number of carbonyl (C=O) groups is 1. The lowest BCUT2D eigenvalue weighted by Crippen LogP contribution is -2.30. The van der Waals surface area contributed by atoms with Crippen LogP contribution < -0.4 is 4.74 Å². The van der Waals surface area contributed by atoms with Gasteiger partial charge in [-0.1, -0.05) is 12.1 Å². The van der Waals surface area contributed by atoms with Crippen LogP contribution in [0, 0.1) is 18.8 Å². The molecule has 1 unspecified atom stereocenters. The zero-order valence-electron chi connectivity index (χ0n) is 16.4. The number of benzene rings is 1. The standard InChI is InChI=1S/C22H29N3O2/c1-16-13-23-21(25(16)15-17-6-7-17)11-19-8-9-24(14-19)22(26)12-18-4-3-5-20(10-18)27-2/h3-5,10,13,17,19H,6-9,11-12,14-15H2,1-2H3. The maximum Gasteiger partial charge on any atom is 0.227 e. The lowest BCUT2D eigenvalue weighted by molar-refractivity contribution is -0.129. The van der Waals surface area contributed by atoms with E-state index in [2.05, 4.69) is 16.5 Å². The third-order valence-corrected chi connectivity index (χ3v) is 5.87. The fourth-order valence-corrected chi connectivity index (χ4v) is 4.03. The number of methoxy groups -OCH3 is 1. The molecule has 2 aliphatic rings. The van der Waals surface area contributed by atoms with Gasteiger partial charge in [0.2, 0.25) is 5.91 Å². The molecule has 0 N–H and O–H groups in total. The molecule has 1 atom stereocenters. The summed E-state index contributed by atoms with van der Waals surface area (Å²) in [4.78, 5) is 19.4. The van der Waals surface area contributed by atoms with Crippen molar-refractivity contribution < 1.29 is 9.53 Å². The summed E-state index contributed by atoms with van der Waals surface area (Å²) in [6.45, 7) is 4.97. The van der Waals surface area contributed by atoms with E-state index in [1.165, 1.54) is 24.4 Å². The molecular formula is C22H29N3O2. The molecule has 2 heterocycles. The lowest BCUT2D eigenvalue weighted by Gasteiger charge is -2.17. The van der Waals surface area contributed by atoms with E-state index in [0.29, 0.717) is 12.3 Å². The molecule has 0 radical (unpaired) electrons. The Balaban J connectivity index is 1.34. The number of amides is 1. The van der Waals surface area contributed by atoms with Crippen LogP contribution in [0.1, 0.15) is 36.3 Å². The zero-order chi connectivity index (χ0) is 18.8. The molecule has 1 aliphatic carbocycles. The van der Waals surface area contributed by atoms with E-state index in [1.807, 2.05) is 35.4 Å². The first-order chi connectivity index (χ1) is 13.1. The highest BCUT2D eigenvalue weighted by Gasteiger charge is 2.29. The smallest absolute Gasteiger partial charge is 0.227 e. The molecule has 0 spiro atoms. The number of aryl methyl sites for hydroxylation is 1. The van der Waals surface area contributed by atoms with E-state index in [0.717, 1.165) is 49.7 Å². The van der Waals surface area contributed by atoms with E-state index < -0.39 is 0 Å². The Bertz CT molecular complexity index is 810. The number of hydrogen-bond acceptors (Lipinski definition) is 3. The number of imidazole rings is 1. The Morgan fingerprint density at radius 2 is 2.11 bits per heavy atom. The highest BCUT2D eigenvalue weighted by Crippen LogP contribution is 2.32. The number of carbonyl (C=O) groups excluding carboxylic acids is 1. The lowest BCUT2D eigenvalue weighted by atomic mass is 10.0. The molecule has 0 bridgehead atoms. The van der Waals surface area contributed by atoms with Crippen LogP contribution in [0.3, 0.4) is 0 Å². The molecule has 2 fully saturated rings. The molecular weight excluding hydrogens is 338 g/mol. The monoisotopic (exact) mass is 367 g/mol. The second-order valence-corrected chi connectivity index (χ2v) is 8.10. The predicted octanol–water partition coefficient (Wildman–Crippen LogP) is 3.24. The topological polar surface area (TPSA) is 47.4 Å². The van der Waals surface area contributed by atoms with Crippen LogP contribution in [0.2, 0.25) is 0 Å². The van der Waals surface area contributed by atoms with Gasteiger partial charge in [-0.2, -0.15) is 0 Å². The molecule has 2 aromatic rings. The van der Waals surface area contributed by atoms with Gasteiger partial charge in [-0.15, -0.1) is 0 Å². The predicted molar refractivity (Wildman–Crippen MR) is 105 cm³/mol. The Labute approximate surface area is 161 Å². The van der Waals surface area contributed by atoms with Gasteiger partial charge in [0.15, 0.2) is 0 Å². The Morgan fingerprint density at radius 1 is 1.26 bits per heavy atom. The second-order valence-electron chi connectivity index (χ2n) is 8.10. The largest absolute Gasteiger partial charge is 0.497 e. The quantitative estimate of drug-likeness (QED) is 0.755. The average molecular weight is 367 g/mol. The molecule has 1 aliphatic heterocycles. The van der Waals surface area contributed by atoms with Crippen LogP contribution in [0.4, 0.5) is 0 Å². The fraction of sp³-hybridized carbons (Fsp3) is 0.545. The first kappa shape index (κ1) is 18.1. The fourth-order valence-electron chi connectivity index (χ4n) is 4.03. The minimum atomic E-state index is 0.211. The van der Waals surface area contributed by atoms with Crippen molar-refractivity contribution in [3.05, 3.63) is 47.5 Å². The van der Waals surface area contributed by atoms with Crippen molar-refractivity contribution in [2.45, 2.75) is 45.6 Å². The van der Waals surface area contributed by atoms with Crippen LogP contribution in [0.25, 0.3) is 0 Å². The summed E-state index contributed by atoms with van der Waals surface area (Å²) < 4.78 is 7.66. The Kier molecular flexibility index (Phi) is 5.19. The van der Waals surface area contributed by atoms with Crippen molar-refractivity contribution in [1.29, 1.82) is 0 Å². The Morgan fingerprint density at radius 3 is 2.89 bits per heavy atom. The van der Waals surface area contributed by atoms with Gasteiger partial charge in [-0.3, -0.25) is 4.79 Å². The number of aromatic nitrogens is 2. The normalized spacial score (nSPS) is 19.5. The van der Waals surface area contributed by atoms with Gasteiger partial charge in [0.25, 0.3) is 0 Å². The summed E-state index contributed by atoms with van der Waals surface area (Å²) in [6.07, 6.45) is 7.19. The minimum Gasteiger partial charge on any atom is -0.497 e. The van der Waals surface area contributed by atoms with Gasteiger partial charge < -0.3 is 14.2 Å². The van der Waals surface area contributed by atoms with E-state index in [1.54, 1.807) is 7.11 Å². The maximum atomic E-state index is 12.7. The van der Waals surface area contributed by atoms with Crippen molar-refractivity contribution in [2.24, 2.45) is 11.8 Å². The molecule has 27 heavy (non-hydrogen) atoms. The molecule has 1 aromatic heterocycles. The van der Waals surface area contributed by atoms with Crippen LogP contribution in [0.5, 0.6) is 5.75 Å². The summed E-state index contributed by atoms with van der Waals surface area (Å²) in [6, 6.07) is 7.79. The molecule has 144 valence electrons. The molecule has 1 saturated carbocycles. The van der Waals surface area contributed by atoms with E-state index in [-0.39, 0.29) is 5.91 Å². The Hall–Kier alpha value is -2.30. The molecule has 1 saturated heterocycles. The number of rotatable bonds is 7. The van der Waals surface area contributed by atoms with Crippen LogP contribution in [0.15, 0.2) is 30.5 Å². The first-order valence-electron chi connectivity index (χ1n) is 10.0. The van der Waals surface area contributed by atoms with Crippen molar-refractivity contribution in [1.82, 2.24) is 14.5 Å². The van der Waals surface area contributed by atoms with Gasteiger partial charge in [0.1, 0.15) is 11.6 Å². The summed E-state index contributed by atoms with van der Waals surface area (Å²) in [5, 5.41) is 0. The maximum absolute atomic E-state index is 12.7. The van der Waals surface area contributed by atoms with E-state index in [9.17, 15) is 4.79 Å². The third kappa shape index (κ3) is 4.34. The summed E-state index contributed by atoms with van der Waals surface area (Å²) in [7, 11) is 1.65. The first-order valence-corrected chi connectivity index (χ1v) is 10.0. The van der Waals surface area contributed by atoms with Crippen molar-refractivity contribution in [3.63, 3.8) is 0 Å².